The topological polar surface area (TPSA) is 70.3 Å². The zero-order chi connectivity index (χ0) is 15.6. The van der Waals surface area contributed by atoms with Gasteiger partial charge in [-0.3, -0.25) is 0 Å². The van der Waals surface area contributed by atoms with Gasteiger partial charge in [-0.15, -0.1) is 5.10 Å². The van der Waals surface area contributed by atoms with Crippen LogP contribution >= 0.6 is 12.2 Å². The molecule has 0 spiro atoms. The lowest BCUT2D eigenvalue weighted by molar-refractivity contribution is 0.371. The van der Waals surface area contributed by atoms with Crippen LogP contribution in [0.4, 0.5) is 0 Å². The molecule has 2 aromatic rings. The fourth-order valence-electron chi connectivity index (χ4n) is 1.91. The van der Waals surface area contributed by atoms with Crippen molar-refractivity contribution in [3.63, 3.8) is 0 Å². The van der Waals surface area contributed by atoms with Gasteiger partial charge in [-0.05, 0) is 44.0 Å². The Kier molecular flexibility index (Phi) is 4.37. The van der Waals surface area contributed by atoms with E-state index in [1.165, 1.54) is 0 Å². The number of benzene rings is 1. The van der Waals surface area contributed by atoms with Crippen LogP contribution in [0.15, 0.2) is 18.2 Å². The maximum Gasteiger partial charge on any atom is 0.249 e. The largest absolute Gasteiger partial charge is 0.493 e. The first kappa shape index (κ1) is 15.2. The lowest BCUT2D eigenvalue weighted by Gasteiger charge is -2.14. The Morgan fingerprint density at radius 2 is 1.86 bits per heavy atom. The monoisotopic (exact) mass is 303 g/mol. The van der Waals surface area contributed by atoms with Crippen LogP contribution in [0.5, 0.6) is 17.4 Å². The molecule has 5 nitrogen and oxygen atoms in total. The molecule has 0 fully saturated rings. The molecule has 1 aromatic heterocycles. The summed E-state index contributed by atoms with van der Waals surface area (Å²) in [5.41, 5.74) is 9.08. The summed E-state index contributed by atoms with van der Waals surface area (Å²) in [4.78, 5) is 0.228. The lowest BCUT2D eigenvalue weighted by Crippen LogP contribution is -2.15. The van der Waals surface area contributed by atoms with Crippen molar-refractivity contribution in [2.24, 2.45) is 5.73 Å². The van der Waals surface area contributed by atoms with Crippen LogP contribution < -0.4 is 15.2 Å². The number of hydrogen-bond acceptors (Lipinski definition) is 5. The second-order valence-electron chi connectivity index (χ2n) is 4.71. The molecule has 0 unspecified atom stereocenters. The molecule has 0 aliphatic carbocycles. The Labute approximate surface area is 129 Å². The Morgan fingerprint density at radius 3 is 2.48 bits per heavy atom. The molecular formula is C15H17N3O2S. The van der Waals surface area contributed by atoms with E-state index in [0.717, 1.165) is 16.8 Å². The second kappa shape index (κ2) is 6.05. The van der Waals surface area contributed by atoms with Gasteiger partial charge in [-0.25, -0.2) is 0 Å². The molecule has 1 heterocycles. The molecule has 2 N–H and O–H groups in total. The summed E-state index contributed by atoms with van der Waals surface area (Å²) >= 11 is 5.09. The van der Waals surface area contributed by atoms with Crippen LogP contribution in [0.1, 0.15) is 22.4 Å². The van der Waals surface area contributed by atoms with Gasteiger partial charge in [0.2, 0.25) is 5.88 Å². The molecule has 110 valence electrons. The standard InChI is InChI=1S/C15H17N3O2S/c1-8-5-6-11(12(7-8)19-4)20-15-13(14(16)21)9(2)10(3)17-18-15/h5-7H,1-4H3,(H2,16,21). The van der Waals surface area contributed by atoms with E-state index in [0.29, 0.717) is 17.1 Å². The van der Waals surface area contributed by atoms with Gasteiger partial charge >= 0.3 is 0 Å². The first-order valence-corrected chi connectivity index (χ1v) is 6.81. The van der Waals surface area contributed by atoms with Crippen LogP contribution in [-0.2, 0) is 0 Å². The molecule has 0 saturated carbocycles. The minimum absolute atomic E-state index is 0.228. The van der Waals surface area contributed by atoms with E-state index in [9.17, 15) is 0 Å². The fraction of sp³-hybridized carbons (Fsp3) is 0.267. The summed E-state index contributed by atoms with van der Waals surface area (Å²) in [6.45, 7) is 5.71. The average molecular weight is 303 g/mol. The van der Waals surface area contributed by atoms with Gasteiger partial charge in [0.05, 0.1) is 18.4 Å². The van der Waals surface area contributed by atoms with Crippen LogP contribution in [0.3, 0.4) is 0 Å². The van der Waals surface area contributed by atoms with Crippen LogP contribution in [0.25, 0.3) is 0 Å². The highest BCUT2D eigenvalue weighted by Crippen LogP contribution is 2.33. The van der Waals surface area contributed by atoms with Crippen molar-refractivity contribution in [3.05, 3.63) is 40.6 Å². The first-order chi connectivity index (χ1) is 9.93. The average Bonchev–Trinajstić information content (AvgIpc) is 2.44. The van der Waals surface area contributed by atoms with Gasteiger partial charge in [0.1, 0.15) is 4.99 Å². The van der Waals surface area contributed by atoms with Crippen LogP contribution in [0.2, 0.25) is 0 Å². The van der Waals surface area contributed by atoms with Gasteiger partial charge in [-0.2, -0.15) is 5.10 Å². The van der Waals surface area contributed by atoms with E-state index in [1.54, 1.807) is 7.11 Å². The van der Waals surface area contributed by atoms with E-state index >= 15 is 0 Å². The number of ether oxygens (including phenoxy) is 2. The Bertz CT molecular complexity index is 702. The molecule has 1 aromatic carbocycles. The number of methoxy groups -OCH3 is 1. The van der Waals surface area contributed by atoms with Gasteiger partial charge in [0, 0.05) is 0 Å². The normalized spacial score (nSPS) is 10.3. The van der Waals surface area contributed by atoms with Crippen molar-refractivity contribution in [3.8, 4) is 17.4 Å². The van der Waals surface area contributed by atoms with Gasteiger partial charge < -0.3 is 15.2 Å². The summed E-state index contributed by atoms with van der Waals surface area (Å²) in [6, 6.07) is 5.62. The molecule has 0 atom stereocenters. The summed E-state index contributed by atoms with van der Waals surface area (Å²) in [6.07, 6.45) is 0. The predicted molar refractivity (Wildman–Crippen MR) is 85.2 cm³/mol. The van der Waals surface area contributed by atoms with Crippen molar-refractivity contribution in [2.45, 2.75) is 20.8 Å². The zero-order valence-corrected chi connectivity index (χ0v) is 13.2. The number of thiocarbonyl (C=S) groups is 1. The first-order valence-electron chi connectivity index (χ1n) is 6.40. The summed E-state index contributed by atoms with van der Waals surface area (Å²) in [5, 5.41) is 8.12. The third-order valence-electron chi connectivity index (χ3n) is 3.19. The van der Waals surface area contributed by atoms with Gasteiger partial charge in [0.15, 0.2) is 11.5 Å². The number of nitrogens with zero attached hydrogens (tertiary/aromatic N) is 2. The van der Waals surface area contributed by atoms with Gasteiger partial charge in [-0.1, -0.05) is 18.3 Å². The van der Waals surface area contributed by atoms with Gasteiger partial charge in [0.25, 0.3) is 0 Å². The SMILES string of the molecule is COc1cc(C)ccc1Oc1nnc(C)c(C)c1C(N)=S. The molecule has 6 heteroatoms. The van der Waals surface area contributed by atoms with Crippen LogP contribution in [-0.4, -0.2) is 22.3 Å². The Balaban J connectivity index is 2.50. The van der Waals surface area contributed by atoms with Crippen molar-refractivity contribution < 1.29 is 9.47 Å². The second-order valence-corrected chi connectivity index (χ2v) is 5.15. The highest BCUT2D eigenvalue weighted by atomic mass is 32.1. The molecular weight excluding hydrogens is 286 g/mol. The maximum atomic E-state index is 5.82. The smallest absolute Gasteiger partial charge is 0.249 e. The Hall–Kier alpha value is -2.21. The number of hydrogen-bond donors (Lipinski definition) is 1. The minimum Gasteiger partial charge on any atom is -0.493 e. The van der Waals surface area contributed by atoms with Crippen molar-refractivity contribution in [1.29, 1.82) is 0 Å². The quantitative estimate of drug-likeness (QED) is 0.876. The zero-order valence-electron chi connectivity index (χ0n) is 12.4. The fourth-order valence-corrected chi connectivity index (χ4v) is 2.15. The molecule has 0 radical (unpaired) electrons. The third-order valence-corrected chi connectivity index (χ3v) is 3.40. The highest BCUT2D eigenvalue weighted by molar-refractivity contribution is 7.80. The van der Waals surface area contributed by atoms with E-state index in [-0.39, 0.29) is 10.9 Å². The number of aryl methyl sites for hydroxylation is 2. The number of aromatic nitrogens is 2. The molecule has 2 rings (SSSR count). The summed E-state index contributed by atoms with van der Waals surface area (Å²) < 4.78 is 11.1. The number of nitrogens with two attached hydrogens (primary N) is 1. The highest BCUT2D eigenvalue weighted by Gasteiger charge is 2.17. The lowest BCUT2D eigenvalue weighted by atomic mass is 10.1. The molecule has 0 aliphatic rings. The van der Waals surface area contributed by atoms with E-state index in [4.69, 9.17) is 27.4 Å². The molecule has 0 bridgehead atoms. The van der Waals surface area contributed by atoms with Crippen LogP contribution in [0, 0.1) is 20.8 Å². The predicted octanol–water partition coefficient (Wildman–Crippen LogP) is 2.84. The van der Waals surface area contributed by atoms with Crippen molar-refractivity contribution in [1.82, 2.24) is 10.2 Å². The van der Waals surface area contributed by atoms with Crippen molar-refractivity contribution in [2.75, 3.05) is 7.11 Å². The number of rotatable bonds is 4. The third kappa shape index (κ3) is 3.11. The molecule has 0 aliphatic heterocycles. The van der Waals surface area contributed by atoms with E-state index < -0.39 is 0 Å². The summed E-state index contributed by atoms with van der Waals surface area (Å²) in [7, 11) is 1.59. The van der Waals surface area contributed by atoms with E-state index in [2.05, 4.69) is 10.2 Å². The summed E-state index contributed by atoms with van der Waals surface area (Å²) in [5.74, 6) is 1.44. The molecule has 21 heavy (non-hydrogen) atoms. The molecule has 0 saturated heterocycles. The van der Waals surface area contributed by atoms with E-state index in [1.807, 2.05) is 39.0 Å². The Morgan fingerprint density at radius 1 is 1.14 bits per heavy atom. The molecule has 0 amide bonds. The maximum absolute atomic E-state index is 5.82. The van der Waals surface area contributed by atoms with Crippen molar-refractivity contribution >= 4 is 17.2 Å². The minimum atomic E-state index is 0.228.